The normalized spacial score (nSPS) is 11.8. The van der Waals surface area contributed by atoms with E-state index in [4.69, 9.17) is 0 Å². The van der Waals surface area contributed by atoms with Gasteiger partial charge in [-0.2, -0.15) is 0 Å². The number of benzene rings is 12. The molecule has 0 saturated heterocycles. The monoisotopic (exact) mass is 894 g/mol. The summed E-state index contributed by atoms with van der Waals surface area (Å²) in [7, 11) is 0. The molecule has 0 spiro atoms. The van der Waals surface area contributed by atoms with Crippen LogP contribution in [0.1, 0.15) is 0 Å². The third-order valence-electron chi connectivity index (χ3n) is 14.2. The minimum Gasteiger partial charge on any atom is -0.311 e. The van der Waals surface area contributed by atoms with Gasteiger partial charge in [0.2, 0.25) is 0 Å². The molecule has 2 nitrogen and oxygen atoms in total. The molecule has 3 heteroatoms. The first-order valence-corrected chi connectivity index (χ1v) is 24.5. The Bertz CT molecular complexity index is 4240. The zero-order valence-electron chi connectivity index (χ0n) is 37.6. The molecule has 0 radical (unpaired) electrons. The highest BCUT2D eigenvalue weighted by atomic mass is 32.1. The lowest BCUT2D eigenvalue weighted by atomic mass is 9.97. The van der Waals surface area contributed by atoms with Gasteiger partial charge in [0.15, 0.2) is 0 Å². The smallest absolute Gasteiger partial charge is 0.0541 e. The Labute approximate surface area is 403 Å². The number of para-hydroxylation sites is 2. The SMILES string of the molecule is c1cc(-c2ccc(N(c3ccc(-c4ccc5c(ccc6ccccc65)c4)cc3)c3ccc(-c4cccc5c4sc4c6ccccc6ccc54)cc3)cc2)cc(-n2c3ccccc3c3ccccc32)c1. The molecule has 0 N–H and O–H groups in total. The standard InChI is InChI=1S/C66H42N2S/c1-3-15-55-45(11-1)23-24-50-41-49(32-39-56(50)55)44-27-35-52(36-28-44)67(53-37-29-47(30-38-53)58-19-10-20-61-62-40-31-46-12-2-4-16-57(46)66(62)69-65(58)61)51-33-25-43(26-34-51)48-13-9-14-54(42-48)68-63-21-7-5-17-59(63)60-18-6-8-22-64(60)68/h1-42H. The number of hydrogen-bond acceptors (Lipinski definition) is 2. The first-order valence-electron chi connectivity index (χ1n) is 23.6. The Kier molecular flexibility index (Phi) is 9.11. The van der Waals surface area contributed by atoms with Gasteiger partial charge in [-0.3, -0.25) is 0 Å². The number of anilines is 3. The van der Waals surface area contributed by atoms with E-state index in [0.717, 1.165) is 22.7 Å². The number of hydrogen-bond donors (Lipinski definition) is 0. The number of fused-ring (bicyclic) bond motifs is 11. The Morgan fingerprint density at radius 3 is 1.42 bits per heavy atom. The van der Waals surface area contributed by atoms with Gasteiger partial charge >= 0.3 is 0 Å². The first-order chi connectivity index (χ1) is 34.2. The molecule has 0 aliphatic rings. The second kappa shape index (κ2) is 16.0. The Morgan fingerprint density at radius 1 is 0.275 bits per heavy atom. The van der Waals surface area contributed by atoms with Crippen molar-refractivity contribution in [3.63, 3.8) is 0 Å². The number of rotatable bonds is 7. The van der Waals surface area contributed by atoms with Crippen molar-refractivity contribution in [1.29, 1.82) is 0 Å². The van der Waals surface area contributed by atoms with Gasteiger partial charge in [-0.25, -0.2) is 0 Å². The molecule has 14 rings (SSSR count). The summed E-state index contributed by atoms with van der Waals surface area (Å²) in [5.41, 5.74) is 14.1. The molecule has 0 aliphatic carbocycles. The number of nitrogens with zero attached hydrogens (tertiary/aromatic N) is 2. The highest BCUT2D eigenvalue weighted by Gasteiger charge is 2.18. The van der Waals surface area contributed by atoms with Crippen LogP contribution in [-0.4, -0.2) is 4.57 Å². The largest absolute Gasteiger partial charge is 0.311 e. The molecule has 0 bridgehead atoms. The van der Waals surface area contributed by atoms with Gasteiger partial charge in [0.05, 0.1) is 11.0 Å². The van der Waals surface area contributed by atoms with E-state index < -0.39 is 0 Å². The summed E-state index contributed by atoms with van der Waals surface area (Å²) < 4.78 is 5.06. The van der Waals surface area contributed by atoms with Crippen molar-refractivity contribution >= 4 is 103 Å². The summed E-state index contributed by atoms with van der Waals surface area (Å²) in [5, 5.41) is 12.8. The van der Waals surface area contributed by atoms with Crippen LogP contribution in [0.15, 0.2) is 255 Å². The fourth-order valence-electron chi connectivity index (χ4n) is 10.8. The molecule has 0 amide bonds. The quantitative estimate of drug-likeness (QED) is 0.145. The van der Waals surface area contributed by atoms with Gasteiger partial charge in [0.1, 0.15) is 0 Å². The first kappa shape index (κ1) is 39.4. The molecule has 69 heavy (non-hydrogen) atoms. The minimum atomic E-state index is 1.09. The van der Waals surface area contributed by atoms with E-state index in [9.17, 15) is 0 Å². The molecule has 12 aromatic carbocycles. The van der Waals surface area contributed by atoms with E-state index >= 15 is 0 Å². The van der Waals surface area contributed by atoms with E-state index in [-0.39, 0.29) is 0 Å². The fourth-order valence-corrected chi connectivity index (χ4v) is 12.2. The summed E-state index contributed by atoms with van der Waals surface area (Å²) in [4.78, 5) is 2.38. The van der Waals surface area contributed by atoms with Crippen molar-refractivity contribution in [3.8, 4) is 39.1 Å². The van der Waals surface area contributed by atoms with E-state index in [1.165, 1.54) is 108 Å². The predicted molar refractivity (Wildman–Crippen MR) is 297 cm³/mol. The van der Waals surface area contributed by atoms with Crippen molar-refractivity contribution in [1.82, 2.24) is 4.57 Å². The molecule has 0 unspecified atom stereocenters. The molecule has 2 heterocycles. The van der Waals surface area contributed by atoms with Gasteiger partial charge in [-0.15, -0.1) is 11.3 Å². The zero-order valence-corrected chi connectivity index (χ0v) is 38.4. The number of thiophene rings is 1. The number of aromatic nitrogens is 1. The summed E-state index contributed by atoms with van der Waals surface area (Å²) >= 11 is 1.91. The van der Waals surface area contributed by atoms with Crippen LogP contribution in [0.25, 0.3) is 113 Å². The van der Waals surface area contributed by atoms with Gasteiger partial charge in [0.25, 0.3) is 0 Å². The maximum absolute atomic E-state index is 2.39. The lowest BCUT2D eigenvalue weighted by molar-refractivity contribution is 1.18. The fraction of sp³-hybridized carbons (Fsp3) is 0. The van der Waals surface area contributed by atoms with Crippen LogP contribution in [0.5, 0.6) is 0 Å². The third-order valence-corrected chi connectivity index (χ3v) is 15.5. The van der Waals surface area contributed by atoms with Gasteiger partial charge in [-0.05, 0) is 132 Å². The molecule has 0 saturated carbocycles. The second-order valence-corrected chi connectivity index (χ2v) is 19.1. The molecule has 322 valence electrons. The topological polar surface area (TPSA) is 8.17 Å². The molecule has 14 aromatic rings. The molecule has 0 aliphatic heterocycles. The van der Waals surface area contributed by atoms with E-state index in [1.807, 2.05) is 11.3 Å². The summed E-state index contributed by atoms with van der Waals surface area (Å²) in [6.07, 6.45) is 0. The lowest BCUT2D eigenvalue weighted by Gasteiger charge is -2.26. The van der Waals surface area contributed by atoms with E-state index in [1.54, 1.807) is 0 Å². The highest BCUT2D eigenvalue weighted by Crippen LogP contribution is 2.44. The van der Waals surface area contributed by atoms with Crippen LogP contribution in [0.4, 0.5) is 17.1 Å². The average molecular weight is 895 g/mol. The van der Waals surface area contributed by atoms with Crippen LogP contribution in [-0.2, 0) is 0 Å². The van der Waals surface area contributed by atoms with Crippen molar-refractivity contribution in [2.24, 2.45) is 0 Å². The van der Waals surface area contributed by atoms with Gasteiger partial charge in [0, 0.05) is 53.7 Å². The van der Waals surface area contributed by atoms with Crippen molar-refractivity contribution in [3.05, 3.63) is 255 Å². The molecule has 0 atom stereocenters. The van der Waals surface area contributed by atoms with Crippen LogP contribution in [0.2, 0.25) is 0 Å². The van der Waals surface area contributed by atoms with Crippen molar-refractivity contribution in [2.45, 2.75) is 0 Å². The Morgan fingerprint density at radius 2 is 0.739 bits per heavy atom. The van der Waals surface area contributed by atoms with E-state index in [2.05, 4.69) is 264 Å². The lowest BCUT2D eigenvalue weighted by Crippen LogP contribution is -2.09. The zero-order chi connectivity index (χ0) is 45.4. The van der Waals surface area contributed by atoms with Gasteiger partial charge in [-0.1, -0.05) is 188 Å². The van der Waals surface area contributed by atoms with Crippen molar-refractivity contribution < 1.29 is 0 Å². The average Bonchev–Trinajstić information content (AvgIpc) is 3.98. The van der Waals surface area contributed by atoms with Crippen LogP contribution < -0.4 is 4.90 Å². The van der Waals surface area contributed by atoms with Crippen LogP contribution in [0, 0.1) is 0 Å². The molecular weight excluding hydrogens is 853 g/mol. The highest BCUT2D eigenvalue weighted by molar-refractivity contribution is 7.27. The van der Waals surface area contributed by atoms with E-state index in [0.29, 0.717) is 0 Å². The van der Waals surface area contributed by atoms with Crippen molar-refractivity contribution in [2.75, 3.05) is 4.90 Å². The summed E-state index contributed by atoms with van der Waals surface area (Å²) in [5.74, 6) is 0. The molecule has 0 fully saturated rings. The van der Waals surface area contributed by atoms with Crippen LogP contribution in [0.3, 0.4) is 0 Å². The Balaban J connectivity index is 0.846. The van der Waals surface area contributed by atoms with Crippen LogP contribution >= 0.6 is 11.3 Å². The molecule has 2 aromatic heterocycles. The maximum atomic E-state index is 2.39. The molecular formula is C66H42N2S. The third kappa shape index (κ3) is 6.54. The maximum Gasteiger partial charge on any atom is 0.0541 e. The second-order valence-electron chi connectivity index (χ2n) is 18.1. The summed E-state index contributed by atoms with van der Waals surface area (Å²) in [6, 6.07) is 93.6. The minimum absolute atomic E-state index is 1.09. The Hall–Kier alpha value is -8.76. The summed E-state index contributed by atoms with van der Waals surface area (Å²) in [6.45, 7) is 0. The van der Waals surface area contributed by atoms with Gasteiger partial charge < -0.3 is 9.47 Å². The predicted octanol–water partition coefficient (Wildman–Crippen LogP) is 19.1.